The number of rotatable bonds is 10. The van der Waals surface area contributed by atoms with Gasteiger partial charge in [-0.3, -0.25) is 19.2 Å². The van der Waals surface area contributed by atoms with Gasteiger partial charge in [-0.25, -0.2) is 4.98 Å². The Morgan fingerprint density at radius 3 is 2.44 bits per heavy atom. The summed E-state index contributed by atoms with van der Waals surface area (Å²) >= 11 is 0. The fourth-order valence-corrected chi connectivity index (χ4v) is 4.75. The molecule has 0 bridgehead atoms. The lowest BCUT2D eigenvalue weighted by molar-refractivity contribution is -0.135. The first-order chi connectivity index (χ1) is 18.9. The van der Waals surface area contributed by atoms with Gasteiger partial charge in [0, 0.05) is 57.7 Å². The lowest BCUT2D eigenvalue weighted by Gasteiger charge is -2.36. The number of fused-ring (bicyclic) bond motifs is 1. The van der Waals surface area contributed by atoms with Crippen LogP contribution in [0.2, 0.25) is 0 Å². The number of carbonyl (C=O) groups is 4. The highest BCUT2D eigenvalue weighted by Gasteiger charge is 2.31. The molecule has 3 aromatic rings. The van der Waals surface area contributed by atoms with Gasteiger partial charge in [0.05, 0.1) is 0 Å². The summed E-state index contributed by atoms with van der Waals surface area (Å²) in [6.45, 7) is 5.44. The summed E-state index contributed by atoms with van der Waals surface area (Å²) in [5.41, 5.74) is 0.650. The first-order valence-corrected chi connectivity index (χ1v) is 13.1. The van der Waals surface area contributed by atoms with Crippen LogP contribution in [-0.4, -0.2) is 81.7 Å². The molecule has 1 aliphatic rings. The van der Waals surface area contributed by atoms with Gasteiger partial charge in [-0.2, -0.15) is 0 Å². The van der Waals surface area contributed by atoms with Crippen LogP contribution in [0.4, 0.5) is 0 Å². The van der Waals surface area contributed by atoms with Gasteiger partial charge in [0.15, 0.2) is 5.82 Å². The second-order valence-corrected chi connectivity index (χ2v) is 9.52. The van der Waals surface area contributed by atoms with Crippen LogP contribution in [-0.2, 0) is 16.6 Å². The van der Waals surface area contributed by atoms with Crippen molar-refractivity contribution in [1.82, 2.24) is 30.0 Å². The number of aryl methyl sites for hydroxylation is 1. The number of aromatic nitrogens is 2. The Hall–Kier alpha value is -4.47. The van der Waals surface area contributed by atoms with Gasteiger partial charge in [-0.05, 0) is 42.2 Å². The summed E-state index contributed by atoms with van der Waals surface area (Å²) in [4.78, 5) is 58.7. The highest BCUT2D eigenvalue weighted by molar-refractivity contribution is 6.07. The molecule has 0 spiro atoms. The second kappa shape index (κ2) is 12.9. The lowest BCUT2D eigenvalue weighted by Crippen LogP contribution is -2.56. The summed E-state index contributed by atoms with van der Waals surface area (Å²) in [7, 11) is 1.72. The van der Waals surface area contributed by atoms with Gasteiger partial charge in [-0.1, -0.05) is 43.0 Å². The molecule has 10 nitrogen and oxygen atoms in total. The van der Waals surface area contributed by atoms with Crippen molar-refractivity contribution in [3.63, 3.8) is 0 Å². The third-order valence-corrected chi connectivity index (χ3v) is 6.93. The largest absolute Gasteiger partial charge is 0.353 e. The molecule has 1 aliphatic heterocycles. The Morgan fingerprint density at radius 1 is 1.00 bits per heavy atom. The number of carbonyl (C=O) groups excluding carboxylic acids is 4. The Bertz CT molecular complexity index is 1350. The molecule has 1 saturated heterocycles. The molecule has 2 N–H and O–H groups in total. The van der Waals surface area contributed by atoms with Crippen LogP contribution < -0.4 is 10.6 Å². The molecule has 10 heteroatoms. The first kappa shape index (κ1) is 27.6. The smallest absolute Gasteiger partial charge is 0.287 e. The minimum Gasteiger partial charge on any atom is -0.353 e. The van der Waals surface area contributed by atoms with Gasteiger partial charge >= 0.3 is 0 Å². The fourth-order valence-electron chi connectivity index (χ4n) is 4.75. The molecule has 2 heterocycles. The average Bonchev–Trinajstić information content (AvgIpc) is 3.41. The highest BCUT2D eigenvalue weighted by Crippen LogP contribution is 2.21. The summed E-state index contributed by atoms with van der Waals surface area (Å²) in [6, 6.07) is 12.7. The molecule has 4 amide bonds. The van der Waals surface area contributed by atoms with Crippen LogP contribution in [0.3, 0.4) is 0 Å². The van der Waals surface area contributed by atoms with Gasteiger partial charge in [0.1, 0.15) is 6.04 Å². The summed E-state index contributed by atoms with van der Waals surface area (Å²) in [5.74, 6) is -0.700. The summed E-state index contributed by atoms with van der Waals surface area (Å²) in [6.07, 6.45) is 6.09. The van der Waals surface area contributed by atoms with Gasteiger partial charge in [0.25, 0.3) is 11.8 Å². The molecule has 0 aliphatic carbocycles. The maximum atomic E-state index is 13.5. The first-order valence-electron chi connectivity index (χ1n) is 13.1. The Kier molecular flexibility index (Phi) is 9.09. The predicted molar refractivity (Wildman–Crippen MR) is 148 cm³/mol. The zero-order valence-corrected chi connectivity index (χ0v) is 22.1. The number of imidazole rings is 1. The van der Waals surface area contributed by atoms with Crippen molar-refractivity contribution in [2.45, 2.75) is 25.3 Å². The van der Waals surface area contributed by atoms with Crippen molar-refractivity contribution in [2.75, 3.05) is 32.7 Å². The lowest BCUT2D eigenvalue weighted by atomic mass is 10.0. The van der Waals surface area contributed by atoms with Crippen molar-refractivity contribution >= 4 is 34.4 Å². The molecular weight excluding hydrogens is 496 g/mol. The number of nitrogens with zero attached hydrogens (tertiary/aromatic N) is 4. The van der Waals surface area contributed by atoms with Crippen LogP contribution in [0.5, 0.6) is 0 Å². The van der Waals surface area contributed by atoms with E-state index in [4.69, 9.17) is 0 Å². The Morgan fingerprint density at radius 2 is 1.72 bits per heavy atom. The maximum Gasteiger partial charge on any atom is 0.287 e. The normalized spacial score (nSPS) is 14.1. The van der Waals surface area contributed by atoms with Gasteiger partial charge in [-0.15, -0.1) is 0 Å². The third kappa shape index (κ3) is 6.70. The maximum absolute atomic E-state index is 13.5. The van der Waals surface area contributed by atoms with E-state index in [1.54, 1.807) is 27.6 Å². The molecule has 4 rings (SSSR count). The molecule has 0 saturated carbocycles. The topological polar surface area (TPSA) is 117 Å². The van der Waals surface area contributed by atoms with Crippen molar-refractivity contribution < 1.29 is 19.2 Å². The molecule has 1 fully saturated rings. The van der Waals surface area contributed by atoms with E-state index >= 15 is 0 Å². The van der Waals surface area contributed by atoms with E-state index in [0.29, 0.717) is 57.5 Å². The number of unbranched alkanes of at least 4 members (excludes halogenated alkanes) is 1. The van der Waals surface area contributed by atoms with E-state index < -0.39 is 11.9 Å². The van der Waals surface area contributed by atoms with Gasteiger partial charge < -0.3 is 25.0 Å². The number of hydrogen-bond acceptors (Lipinski definition) is 5. The van der Waals surface area contributed by atoms with Crippen LogP contribution in [0.1, 0.15) is 40.2 Å². The van der Waals surface area contributed by atoms with E-state index in [1.807, 2.05) is 42.5 Å². The Balaban J connectivity index is 1.38. The minimum absolute atomic E-state index is 0.0555. The second-order valence-electron chi connectivity index (χ2n) is 9.52. The SMILES string of the molecule is C=CC(=O)NCCCC[C@H](NC(=O)c1nccn1C)C(=O)N1CCN(C(=O)c2cccc3ccccc23)CC1. The molecule has 0 unspecified atom stereocenters. The monoisotopic (exact) mass is 530 g/mol. The molecular formula is C29H34N6O4. The van der Waals surface area contributed by atoms with Gasteiger partial charge in [0.2, 0.25) is 11.8 Å². The molecule has 204 valence electrons. The van der Waals surface area contributed by atoms with E-state index in [0.717, 1.165) is 10.8 Å². The zero-order chi connectivity index (χ0) is 27.8. The molecule has 0 radical (unpaired) electrons. The number of piperazine rings is 1. The number of amides is 4. The van der Waals surface area contributed by atoms with E-state index in [9.17, 15) is 19.2 Å². The number of hydrogen-bond donors (Lipinski definition) is 2. The molecule has 1 atom stereocenters. The third-order valence-electron chi connectivity index (χ3n) is 6.93. The fraction of sp³-hybridized carbons (Fsp3) is 0.345. The standard InChI is InChI=1S/C29H34N6O4/c1-3-25(36)30-14-7-6-13-24(32-27(37)26-31-15-16-33(26)2)29(39)35-19-17-34(18-20-35)28(38)23-12-8-10-21-9-4-5-11-22(21)23/h3-5,8-12,15-16,24H,1,6-7,13-14,17-20H2,2H3,(H,30,36)(H,32,37)/t24-/m0/s1. The molecule has 39 heavy (non-hydrogen) atoms. The average molecular weight is 531 g/mol. The Labute approximate surface area is 227 Å². The van der Waals surface area contributed by atoms with Crippen molar-refractivity contribution in [2.24, 2.45) is 7.05 Å². The zero-order valence-electron chi connectivity index (χ0n) is 22.1. The number of nitrogens with one attached hydrogen (secondary N) is 2. The summed E-state index contributed by atoms with van der Waals surface area (Å²) in [5, 5.41) is 7.48. The molecule has 2 aromatic carbocycles. The summed E-state index contributed by atoms with van der Waals surface area (Å²) < 4.78 is 1.60. The van der Waals surface area contributed by atoms with Crippen LogP contribution in [0, 0.1) is 0 Å². The van der Waals surface area contributed by atoms with Crippen LogP contribution >= 0.6 is 0 Å². The van der Waals surface area contributed by atoms with Crippen molar-refractivity contribution in [3.05, 3.63) is 78.9 Å². The van der Waals surface area contributed by atoms with Crippen molar-refractivity contribution in [3.8, 4) is 0 Å². The van der Waals surface area contributed by atoms with Crippen LogP contribution in [0.15, 0.2) is 67.5 Å². The van der Waals surface area contributed by atoms with E-state index in [2.05, 4.69) is 22.2 Å². The number of benzene rings is 2. The van der Waals surface area contributed by atoms with E-state index in [-0.39, 0.29) is 23.5 Å². The molecule has 1 aromatic heterocycles. The van der Waals surface area contributed by atoms with Crippen LogP contribution in [0.25, 0.3) is 10.8 Å². The quantitative estimate of drug-likeness (QED) is 0.308. The predicted octanol–water partition coefficient (Wildman–Crippen LogP) is 2.13. The van der Waals surface area contributed by atoms with Crippen molar-refractivity contribution in [1.29, 1.82) is 0 Å². The van der Waals surface area contributed by atoms with E-state index in [1.165, 1.54) is 12.3 Å². The minimum atomic E-state index is -0.746. The highest BCUT2D eigenvalue weighted by atomic mass is 16.2.